The van der Waals surface area contributed by atoms with E-state index in [4.69, 9.17) is 10.5 Å². The predicted molar refractivity (Wildman–Crippen MR) is 58.2 cm³/mol. The van der Waals surface area contributed by atoms with Crippen LogP contribution in [0, 0.1) is 5.82 Å². The zero-order chi connectivity index (χ0) is 10.4. The predicted octanol–water partition coefficient (Wildman–Crippen LogP) is 2.03. The maximum atomic E-state index is 12.8. The Bertz CT molecular complexity index is 293. The van der Waals surface area contributed by atoms with Gasteiger partial charge >= 0.3 is 0 Å². The van der Waals surface area contributed by atoms with Gasteiger partial charge in [-0.3, -0.25) is 0 Å². The van der Waals surface area contributed by atoms with Crippen molar-refractivity contribution >= 4 is 11.8 Å². The molecule has 0 heterocycles. The first kappa shape index (κ1) is 11.3. The minimum Gasteiger partial charge on any atom is -0.492 e. The molecule has 0 aliphatic rings. The van der Waals surface area contributed by atoms with Crippen molar-refractivity contribution in [1.82, 2.24) is 0 Å². The molecule has 1 aromatic rings. The summed E-state index contributed by atoms with van der Waals surface area (Å²) in [6.45, 7) is 0.923. The summed E-state index contributed by atoms with van der Waals surface area (Å²) < 4.78 is 18.3. The highest BCUT2D eigenvalue weighted by atomic mass is 32.2. The number of thioether (sulfide) groups is 1. The number of halogens is 1. The average molecular weight is 215 g/mol. The van der Waals surface area contributed by atoms with E-state index < -0.39 is 0 Å². The number of benzene rings is 1. The van der Waals surface area contributed by atoms with Crippen molar-refractivity contribution in [3.05, 3.63) is 29.6 Å². The average Bonchev–Trinajstić information content (AvgIpc) is 2.20. The summed E-state index contributed by atoms with van der Waals surface area (Å²) in [5.74, 6) is 1.33. The fourth-order valence-corrected chi connectivity index (χ4v) is 1.33. The van der Waals surface area contributed by atoms with Crippen molar-refractivity contribution in [3.63, 3.8) is 0 Å². The lowest BCUT2D eigenvalue weighted by Gasteiger charge is -2.09. The van der Waals surface area contributed by atoms with Crippen LogP contribution in [0.15, 0.2) is 18.2 Å². The Hall–Kier alpha value is -0.740. The maximum Gasteiger partial charge on any atom is 0.124 e. The topological polar surface area (TPSA) is 35.2 Å². The lowest BCUT2D eigenvalue weighted by Crippen LogP contribution is -2.05. The van der Waals surface area contributed by atoms with Crippen LogP contribution in [-0.2, 0) is 6.54 Å². The largest absolute Gasteiger partial charge is 0.492 e. The second-order valence-corrected chi connectivity index (χ2v) is 3.78. The van der Waals surface area contributed by atoms with Gasteiger partial charge in [-0.05, 0) is 24.5 Å². The molecule has 0 spiro atoms. The summed E-state index contributed by atoms with van der Waals surface area (Å²) in [6.07, 6.45) is 2.01. The molecule has 4 heteroatoms. The van der Waals surface area contributed by atoms with Gasteiger partial charge in [0.15, 0.2) is 0 Å². The van der Waals surface area contributed by atoms with Gasteiger partial charge in [0.25, 0.3) is 0 Å². The first-order chi connectivity index (χ1) is 6.77. The number of hydrogen-bond donors (Lipinski definition) is 1. The lowest BCUT2D eigenvalue weighted by molar-refractivity contribution is 0.339. The molecular weight excluding hydrogens is 201 g/mol. The highest BCUT2D eigenvalue weighted by molar-refractivity contribution is 7.98. The lowest BCUT2D eigenvalue weighted by atomic mass is 10.2. The zero-order valence-electron chi connectivity index (χ0n) is 8.13. The molecule has 2 N–H and O–H groups in total. The molecule has 0 aliphatic heterocycles. The summed E-state index contributed by atoms with van der Waals surface area (Å²) in [6, 6.07) is 4.42. The first-order valence-electron chi connectivity index (χ1n) is 4.38. The molecule has 1 rings (SSSR count). The van der Waals surface area contributed by atoms with E-state index in [0.717, 1.165) is 5.75 Å². The number of hydrogen-bond acceptors (Lipinski definition) is 3. The fourth-order valence-electron chi connectivity index (χ4n) is 1.08. The van der Waals surface area contributed by atoms with Crippen LogP contribution in [0.3, 0.4) is 0 Å². The second-order valence-electron chi connectivity index (χ2n) is 2.80. The molecule has 0 aromatic heterocycles. The molecule has 0 atom stereocenters. The highest BCUT2D eigenvalue weighted by Crippen LogP contribution is 2.19. The van der Waals surface area contributed by atoms with E-state index in [2.05, 4.69) is 0 Å². The monoisotopic (exact) mass is 215 g/mol. The van der Waals surface area contributed by atoms with Crippen LogP contribution in [0.25, 0.3) is 0 Å². The SMILES string of the molecule is CSCCOc1ccc(F)cc1CN. The Labute approximate surface area is 87.6 Å². The normalized spacial score (nSPS) is 10.2. The van der Waals surface area contributed by atoms with E-state index in [1.807, 2.05) is 6.26 Å². The summed E-state index contributed by atoms with van der Waals surface area (Å²) in [5, 5.41) is 0. The van der Waals surface area contributed by atoms with Crippen molar-refractivity contribution in [3.8, 4) is 5.75 Å². The van der Waals surface area contributed by atoms with Gasteiger partial charge in [0.1, 0.15) is 11.6 Å². The third kappa shape index (κ3) is 3.20. The van der Waals surface area contributed by atoms with Gasteiger partial charge in [-0.1, -0.05) is 0 Å². The van der Waals surface area contributed by atoms with Gasteiger partial charge in [0, 0.05) is 17.9 Å². The summed E-state index contributed by atoms with van der Waals surface area (Å²) in [7, 11) is 0. The van der Waals surface area contributed by atoms with E-state index >= 15 is 0 Å². The van der Waals surface area contributed by atoms with Gasteiger partial charge in [0.05, 0.1) is 6.61 Å². The van der Waals surface area contributed by atoms with Gasteiger partial charge in [-0.15, -0.1) is 0 Å². The molecule has 0 saturated heterocycles. The third-order valence-corrected chi connectivity index (χ3v) is 2.36. The van der Waals surface area contributed by atoms with E-state index in [9.17, 15) is 4.39 Å². The van der Waals surface area contributed by atoms with Gasteiger partial charge in [-0.25, -0.2) is 4.39 Å². The number of nitrogens with two attached hydrogens (primary N) is 1. The van der Waals surface area contributed by atoms with Crippen LogP contribution in [0.1, 0.15) is 5.56 Å². The molecule has 0 radical (unpaired) electrons. The smallest absolute Gasteiger partial charge is 0.124 e. The van der Waals surface area contributed by atoms with Crippen LogP contribution >= 0.6 is 11.8 Å². The molecule has 0 fully saturated rings. The summed E-state index contributed by atoms with van der Waals surface area (Å²) >= 11 is 1.71. The van der Waals surface area contributed by atoms with E-state index in [-0.39, 0.29) is 5.82 Å². The minimum absolute atomic E-state index is 0.275. The van der Waals surface area contributed by atoms with Crippen molar-refractivity contribution in [2.75, 3.05) is 18.6 Å². The molecule has 0 saturated carbocycles. The Morgan fingerprint density at radius 1 is 1.50 bits per heavy atom. The summed E-state index contributed by atoms with van der Waals surface area (Å²) in [5.41, 5.74) is 6.19. The quantitative estimate of drug-likeness (QED) is 0.763. The Morgan fingerprint density at radius 2 is 2.29 bits per heavy atom. The van der Waals surface area contributed by atoms with Gasteiger partial charge in [-0.2, -0.15) is 11.8 Å². The molecule has 0 unspecified atom stereocenters. The van der Waals surface area contributed by atoms with Crippen molar-refractivity contribution in [2.24, 2.45) is 5.73 Å². The van der Waals surface area contributed by atoms with Crippen molar-refractivity contribution in [1.29, 1.82) is 0 Å². The van der Waals surface area contributed by atoms with Crippen LogP contribution in [0.5, 0.6) is 5.75 Å². The van der Waals surface area contributed by atoms with Crippen LogP contribution < -0.4 is 10.5 Å². The Kier molecular flexibility index (Phi) is 4.76. The standard InChI is InChI=1S/C10H14FNOS/c1-14-5-4-13-10-3-2-9(11)6-8(10)7-12/h2-3,6H,4-5,7,12H2,1H3. The van der Waals surface area contributed by atoms with E-state index in [0.29, 0.717) is 24.5 Å². The summed E-state index contributed by atoms with van der Waals surface area (Å²) in [4.78, 5) is 0. The molecule has 1 aromatic carbocycles. The molecule has 2 nitrogen and oxygen atoms in total. The first-order valence-corrected chi connectivity index (χ1v) is 5.77. The Morgan fingerprint density at radius 3 is 2.93 bits per heavy atom. The molecular formula is C10H14FNOS. The van der Waals surface area contributed by atoms with Gasteiger partial charge < -0.3 is 10.5 Å². The van der Waals surface area contributed by atoms with Crippen molar-refractivity contribution < 1.29 is 9.13 Å². The number of ether oxygens (including phenoxy) is 1. The molecule has 78 valence electrons. The second kappa shape index (κ2) is 5.88. The van der Waals surface area contributed by atoms with Crippen LogP contribution in [-0.4, -0.2) is 18.6 Å². The highest BCUT2D eigenvalue weighted by Gasteiger charge is 2.03. The van der Waals surface area contributed by atoms with Crippen LogP contribution in [0.2, 0.25) is 0 Å². The third-order valence-electron chi connectivity index (χ3n) is 1.79. The zero-order valence-corrected chi connectivity index (χ0v) is 8.94. The fraction of sp³-hybridized carbons (Fsp3) is 0.400. The minimum atomic E-state index is -0.275. The number of rotatable bonds is 5. The molecule has 0 aliphatic carbocycles. The van der Waals surface area contributed by atoms with E-state index in [1.165, 1.54) is 12.1 Å². The molecule has 0 bridgehead atoms. The molecule has 0 amide bonds. The van der Waals surface area contributed by atoms with Gasteiger partial charge in [0.2, 0.25) is 0 Å². The molecule has 14 heavy (non-hydrogen) atoms. The Balaban J connectivity index is 2.65. The van der Waals surface area contributed by atoms with Crippen molar-refractivity contribution in [2.45, 2.75) is 6.54 Å². The van der Waals surface area contributed by atoms with E-state index in [1.54, 1.807) is 17.8 Å². The van der Waals surface area contributed by atoms with Crippen LogP contribution in [0.4, 0.5) is 4.39 Å². The maximum absolute atomic E-state index is 12.8.